The van der Waals surface area contributed by atoms with Crippen molar-refractivity contribution < 1.29 is 5.11 Å². The Morgan fingerprint density at radius 3 is 2.65 bits per heavy atom. The number of aliphatic hydroxyl groups is 1. The minimum atomic E-state index is 0.111. The summed E-state index contributed by atoms with van der Waals surface area (Å²) in [6.45, 7) is 11.2. The Labute approximate surface area is 107 Å². The molecule has 0 spiro atoms. The van der Waals surface area contributed by atoms with Crippen molar-refractivity contribution >= 4 is 16.5 Å². The minimum absolute atomic E-state index is 0.111. The number of nitrogens with zero attached hydrogens (tertiary/aromatic N) is 2. The van der Waals surface area contributed by atoms with Crippen LogP contribution >= 0.6 is 11.3 Å². The molecular formula is C13H22N2OS. The molecule has 1 aliphatic heterocycles. The van der Waals surface area contributed by atoms with Gasteiger partial charge in [0.2, 0.25) is 0 Å². The van der Waals surface area contributed by atoms with E-state index in [2.05, 4.69) is 30.7 Å². The van der Waals surface area contributed by atoms with Crippen LogP contribution in [-0.2, 0) is 6.61 Å². The Morgan fingerprint density at radius 2 is 2.18 bits per heavy atom. The molecule has 1 unspecified atom stereocenters. The number of hydrogen-bond acceptors (Lipinski definition) is 4. The fourth-order valence-electron chi connectivity index (χ4n) is 2.34. The molecule has 3 nitrogen and oxygen atoms in total. The van der Waals surface area contributed by atoms with Crippen LogP contribution in [0.4, 0.5) is 5.13 Å². The highest BCUT2D eigenvalue weighted by molar-refractivity contribution is 7.15. The first-order valence-electron chi connectivity index (χ1n) is 6.24. The zero-order valence-corrected chi connectivity index (χ0v) is 12.0. The molecule has 0 amide bonds. The number of hydrogen-bond donors (Lipinski definition) is 1. The van der Waals surface area contributed by atoms with Crippen molar-refractivity contribution in [1.82, 2.24) is 4.98 Å². The van der Waals surface area contributed by atoms with E-state index in [0.29, 0.717) is 5.41 Å². The maximum absolute atomic E-state index is 9.21. The zero-order chi connectivity index (χ0) is 12.6. The highest BCUT2D eigenvalue weighted by Crippen LogP contribution is 2.37. The normalized spacial score (nSPS) is 21.2. The number of aryl methyl sites for hydroxylation is 1. The van der Waals surface area contributed by atoms with E-state index in [-0.39, 0.29) is 6.61 Å². The molecule has 1 saturated heterocycles. The van der Waals surface area contributed by atoms with E-state index in [4.69, 9.17) is 0 Å². The number of anilines is 1. The van der Waals surface area contributed by atoms with Crippen molar-refractivity contribution in [3.8, 4) is 0 Å². The van der Waals surface area contributed by atoms with E-state index in [1.807, 2.05) is 6.92 Å². The molecule has 2 rings (SSSR count). The van der Waals surface area contributed by atoms with Crippen molar-refractivity contribution in [2.24, 2.45) is 11.3 Å². The number of thiazole rings is 1. The fraction of sp³-hybridized carbons (Fsp3) is 0.769. The maximum atomic E-state index is 9.21. The summed E-state index contributed by atoms with van der Waals surface area (Å²) >= 11 is 1.63. The second-order valence-electron chi connectivity index (χ2n) is 5.96. The van der Waals surface area contributed by atoms with Gasteiger partial charge in [-0.1, -0.05) is 32.1 Å². The van der Waals surface area contributed by atoms with Gasteiger partial charge >= 0.3 is 0 Å². The van der Waals surface area contributed by atoms with Crippen LogP contribution in [0.3, 0.4) is 0 Å². The molecular weight excluding hydrogens is 232 g/mol. The van der Waals surface area contributed by atoms with Crippen LogP contribution < -0.4 is 4.90 Å². The van der Waals surface area contributed by atoms with E-state index in [1.54, 1.807) is 11.3 Å². The van der Waals surface area contributed by atoms with Gasteiger partial charge in [-0.3, -0.25) is 0 Å². The summed E-state index contributed by atoms with van der Waals surface area (Å²) in [5.74, 6) is 0.740. The van der Waals surface area contributed by atoms with E-state index in [9.17, 15) is 5.11 Å². The van der Waals surface area contributed by atoms with Crippen molar-refractivity contribution in [2.45, 2.75) is 40.7 Å². The summed E-state index contributed by atoms with van der Waals surface area (Å²) < 4.78 is 0. The molecule has 4 heteroatoms. The van der Waals surface area contributed by atoms with Gasteiger partial charge in [-0.05, 0) is 24.7 Å². The van der Waals surface area contributed by atoms with Crippen LogP contribution in [0.5, 0.6) is 0 Å². The molecule has 1 aromatic rings. The van der Waals surface area contributed by atoms with Gasteiger partial charge in [0, 0.05) is 13.1 Å². The van der Waals surface area contributed by atoms with Gasteiger partial charge in [-0.25, -0.2) is 4.98 Å². The molecule has 0 aliphatic carbocycles. The monoisotopic (exact) mass is 254 g/mol. The van der Waals surface area contributed by atoms with Crippen LogP contribution in [0.15, 0.2) is 0 Å². The molecule has 2 heterocycles. The molecule has 1 fully saturated rings. The lowest BCUT2D eigenvalue weighted by Gasteiger charge is -2.26. The van der Waals surface area contributed by atoms with Gasteiger partial charge in [-0.15, -0.1) is 0 Å². The minimum Gasteiger partial charge on any atom is -0.391 e. The molecule has 1 aromatic heterocycles. The van der Waals surface area contributed by atoms with Gasteiger partial charge in [0.25, 0.3) is 0 Å². The summed E-state index contributed by atoms with van der Waals surface area (Å²) in [6.07, 6.45) is 1.25. The third-order valence-corrected chi connectivity index (χ3v) is 4.91. The lowest BCUT2D eigenvalue weighted by Crippen LogP contribution is -2.25. The van der Waals surface area contributed by atoms with Gasteiger partial charge in [0.1, 0.15) is 0 Å². The lowest BCUT2D eigenvalue weighted by atomic mass is 9.80. The van der Waals surface area contributed by atoms with E-state index in [0.717, 1.165) is 34.7 Å². The molecule has 0 bridgehead atoms. The third kappa shape index (κ3) is 2.63. The average Bonchev–Trinajstić information content (AvgIpc) is 2.82. The quantitative estimate of drug-likeness (QED) is 0.881. The number of aliphatic hydroxyl groups excluding tert-OH is 1. The summed E-state index contributed by atoms with van der Waals surface area (Å²) in [5.41, 5.74) is 1.35. The number of rotatable bonds is 2. The van der Waals surface area contributed by atoms with Crippen molar-refractivity contribution in [3.63, 3.8) is 0 Å². The molecule has 0 aromatic carbocycles. The molecule has 0 saturated carbocycles. The van der Waals surface area contributed by atoms with Crippen molar-refractivity contribution in [2.75, 3.05) is 18.0 Å². The summed E-state index contributed by atoms with van der Waals surface area (Å²) in [5, 5.41) is 10.3. The van der Waals surface area contributed by atoms with E-state index in [1.165, 1.54) is 6.42 Å². The predicted molar refractivity (Wildman–Crippen MR) is 72.5 cm³/mol. The van der Waals surface area contributed by atoms with Gasteiger partial charge in [0.15, 0.2) is 5.13 Å². The summed E-state index contributed by atoms with van der Waals surface area (Å²) in [7, 11) is 0. The SMILES string of the molecule is Cc1nc(N2CCC(C(C)(C)C)C2)sc1CO. The molecule has 96 valence electrons. The van der Waals surface area contributed by atoms with Crippen LogP contribution in [-0.4, -0.2) is 23.2 Å². The Hall–Kier alpha value is -0.610. The Bertz CT molecular complexity index is 395. The summed E-state index contributed by atoms with van der Waals surface area (Å²) in [6, 6.07) is 0. The predicted octanol–water partition coefficient (Wildman–Crippen LogP) is 2.82. The van der Waals surface area contributed by atoms with Crippen LogP contribution in [0.1, 0.15) is 37.8 Å². The number of aromatic nitrogens is 1. The fourth-order valence-corrected chi connectivity index (χ4v) is 3.29. The van der Waals surface area contributed by atoms with Gasteiger partial charge < -0.3 is 10.0 Å². The van der Waals surface area contributed by atoms with Crippen molar-refractivity contribution in [3.05, 3.63) is 10.6 Å². The molecule has 1 aliphatic rings. The average molecular weight is 254 g/mol. The molecule has 1 atom stereocenters. The Balaban J connectivity index is 2.10. The first-order chi connectivity index (χ1) is 7.91. The van der Waals surface area contributed by atoms with Crippen molar-refractivity contribution in [1.29, 1.82) is 0 Å². The topological polar surface area (TPSA) is 36.4 Å². The molecule has 1 N–H and O–H groups in total. The van der Waals surface area contributed by atoms with E-state index >= 15 is 0 Å². The Morgan fingerprint density at radius 1 is 1.47 bits per heavy atom. The van der Waals surface area contributed by atoms with Gasteiger partial charge in [-0.2, -0.15) is 0 Å². The highest BCUT2D eigenvalue weighted by atomic mass is 32.1. The van der Waals surface area contributed by atoms with Gasteiger partial charge in [0.05, 0.1) is 17.2 Å². The Kier molecular flexibility index (Phi) is 3.46. The maximum Gasteiger partial charge on any atom is 0.185 e. The largest absolute Gasteiger partial charge is 0.391 e. The van der Waals surface area contributed by atoms with Crippen LogP contribution in [0.25, 0.3) is 0 Å². The second-order valence-corrected chi connectivity index (χ2v) is 7.02. The standard InChI is InChI=1S/C13H22N2OS/c1-9-11(8-16)17-12(14-9)15-6-5-10(7-15)13(2,3)4/h10,16H,5-8H2,1-4H3. The smallest absolute Gasteiger partial charge is 0.185 e. The molecule has 17 heavy (non-hydrogen) atoms. The van der Waals surface area contributed by atoms with Crippen LogP contribution in [0, 0.1) is 18.3 Å². The second kappa shape index (κ2) is 4.58. The molecule has 0 radical (unpaired) electrons. The third-order valence-electron chi connectivity index (χ3n) is 3.71. The van der Waals surface area contributed by atoms with E-state index < -0.39 is 0 Å². The highest BCUT2D eigenvalue weighted by Gasteiger charge is 2.32. The first-order valence-corrected chi connectivity index (χ1v) is 7.05. The zero-order valence-electron chi connectivity index (χ0n) is 11.2. The van der Waals surface area contributed by atoms with Crippen LogP contribution in [0.2, 0.25) is 0 Å². The summed E-state index contributed by atoms with van der Waals surface area (Å²) in [4.78, 5) is 7.93. The lowest BCUT2D eigenvalue weighted by molar-refractivity contribution is 0.263. The first kappa shape index (κ1) is 12.8.